The SMILES string of the molecule is CCCNC(C)C(CC)c1nc(-c2cncs2)no1. The van der Waals surface area contributed by atoms with Crippen molar-refractivity contribution in [1.82, 2.24) is 20.4 Å². The van der Waals surface area contributed by atoms with Gasteiger partial charge in [-0.05, 0) is 26.3 Å². The topological polar surface area (TPSA) is 63.8 Å². The predicted octanol–water partition coefficient (Wildman–Crippen LogP) is 3.07. The predicted molar refractivity (Wildman–Crippen MR) is 76.2 cm³/mol. The van der Waals surface area contributed by atoms with Crippen LogP contribution in [0.15, 0.2) is 16.2 Å². The van der Waals surface area contributed by atoms with E-state index in [1.54, 1.807) is 11.7 Å². The maximum atomic E-state index is 5.42. The van der Waals surface area contributed by atoms with Crippen LogP contribution in [0, 0.1) is 0 Å². The molecule has 0 saturated carbocycles. The highest BCUT2D eigenvalue weighted by molar-refractivity contribution is 7.13. The Kier molecular flexibility index (Phi) is 5.04. The Bertz CT molecular complexity index is 483. The molecule has 0 radical (unpaired) electrons. The Morgan fingerprint density at radius 2 is 2.26 bits per heavy atom. The monoisotopic (exact) mass is 280 g/mol. The zero-order valence-corrected chi connectivity index (χ0v) is 12.4. The van der Waals surface area contributed by atoms with Crippen molar-refractivity contribution in [2.75, 3.05) is 6.54 Å². The third-order valence-electron chi connectivity index (χ3n) is 3.17. The molecular formula is C13H20N4OS. The van der Waals surface area contributed by atoms with Gasteiger partial charge in [0.2, 0.25) is 11.7 Å². The van der Waals surface area contributed by atoms with E-state index in [1.165, 1.54) is 11.3 Å². The summed E-state index contributed by atoms with van der Waals surface area (Å²) in [5.41, 5.74) is 1.77. The van der Waals surface area contributed by atoms with Gasteiger partial charge in [0.1, 0.15) is 0 Å². The lowest BCUT2D eigenvalue weighted by molar-refractivity contribution is 0.316. The summed E-state index contributed by atoms with van der Waals surface area (Å²) in [6.07, 6.45) is 3.86. The van der Waals surface area contributed by atoms with E-state index in [4.69, 9.17) is 4.52 Å². The minimum absolute atomic E-state index is 0.251. The van der Waals surface area contributed by atoms with Crippen molar-refractivity contribution < 1.29 is 4.52 Å². The van der Waals surface area contributed by atoms with Crippen molar-refractivity contribution in [2.24, 2.45) is 0 Å². The molecule has 2 unspecified atom stereocenters. The molecule has 0 aliphatic heterocycles. The molecule has 0 amide bonds. The number of rotatable bonds is 7. The van der Waals surface area contributed by atoms with E-state index in [9.17, 15) is 0 Å². The van der Waals surface area contributed by atoms with Crippen molar-refractivity contribution in [3.63, 3.8) is 0 Å². The van der Waals surface area contributed by atoms with Gasteiger partial charge in [-0.15, -0.1) is 11.3 Å². The van der Waals surface area contributed by atoms with Gasteiger partial charge in [-0.2, -0.15) is 4.98 Å². The van der Waals surface area contributed by atoms with Gasteiger partial charge in [-0.1, -0.05) is 19.0 Å². The maximum absolute atomic E-state index is 5.42. The molecule has 0 aliphatic rings. The second-order valence-electron chi connectivity index (χ2n) is 4.58. The van der Waals surface area contributed by atoms with Crippen LogP contribution >= 0.6 is 11.3 Å². The first-order chi connectivity index (χ1) is 9.26. The molecule has 19 heavy (non-hydrogen) atoms. The maximum Gasteiger partial charge on any atom is 0.231 e. The molecule has 0 fully saturated rings. The van der Waals surface area contributed by atoms with E-state index in [1.807, 2.05) is 0 Å². The average molecular weight is 280 g/mol. The number of hydrogen-bond donors (Lipinski definition) is 1. The summed E-state index contributed by atoms with van der Waals surface area (Å²) >= 11 is 1.52. The highest BCUT2D eigenvalue weighted by atomic mass is 32.1. The highest BCUT2D eigenvalue weighted by Gasteiger charge is 2.23. The number of aromatic nitrogens is 3. The normalized spacial score (nSPS) is 14.5. The van der Waals surface area contributed by atoms with Crippen molar-refractivity contribution in [3.8, 4) is 10.7 Å². The van der Waals surface area contributed by atoms with Crippen molar-refractivity contribution >= 4 is 11.3 Å². The Balaban J connectivity index is 2.11. The summed E-state index contributed by atoms with van der Waals surface area (Å²) in [6.45, 7) is 7.48. The van der Waals surface area contributed by atoms with E-state index in [0.717, 1.165) is 24.3 Å². The van der Waals surface area contributed by atoms with Crippen LogP contribution < -0.4 is 5.32 Å². The van der Waals surface area contributed by atoms with Gasteiger partial charge in [0.25, 0.3) is 0 Å². The second-order valence-corrected chi connectivity index (χ2v) is 5.47. The molecule has 0 aliphatic carbocycles. The molecule has 0 bridgehead atoms. The Labute approximate surface area is 117 Å². The van der Waals surface area contributed by atoms with Gasteiger partial charge in [-0.25, -0.2) is 0 Å². The third kappa shape index (κ3) is 3.39. The molecular weight excluding hydrogens is 260 g/mol. The van der Waals surface area contributed by atoms with Crippen LogP contribution in [0.5, 0.6) is 0 Å². The van der Waals surface area contributed by atoms with E-state index in [-0.39, 0.29) is 5.92 Å². The lowest BCUT2D eigenvalue weighted by atomic mass is 9.98. The summed E-state index contributed by atoms with van der Waals surface area (Å²) in [5.74, 6) is 1.60. The van der Waals surface area contributed by atoms with Crippen LogP contribution in [0.2, 0.25) is 0 Å². The fraction of sp³-hybridized carbons (Fsp3) is 0.615. The van der Waals surface area contributed by atoms with Crippen LogP contribution in [0.1, 0.15) is 45.4 Å². The van der Waals surface area contributed by atoms with Crippen LogP contribution in [-0.2, 0) is 0 Å². The van der Waals surface area contributed by atoms with Crippen LogP contribution in [0.3, 0.4) is 0 Å². The largest absolute Gasteiger partial charge is 0.339 e. The number of nitrogens with zero attached hydrogens (tertiary/aromatic N) is 3. The average Bonchev–Trinajstić information content (AvgIpc) is 3.07. The Morgan fingerprint density at radius 3 is 2.89 bits per heavy atom. The molecule has 2 atom stereocenters. The molecule has 1 N–H and O–H groups in total. The molecule has 104 valence electrons. The van der Waals surface area contributed by atoms with Gasteiger partial charge in [-0.3, -0.25) is 4.98 Å². The number of thiazole rings is 1. The molecule has 0 saturated heterocycles. The molecule has 6 heteroatoms. The first-order valence-electron chi connectivity index (χ1n) is 6.72. The molecule has 2 rings (SSSR count). The zero-order chi connectivity index (χ0) is 13.7. The minimum atomic E-state index is 0.251. The fourth-order valence-electron chi connectivity index (χ4n) is 2.07. The van der Waals surface area contributed by atoms with Gasteiger partial charge < -0.3 is 9.84 Å². The molecule has 0 aromatic carbocycles. The minimum Gasteiger partial charge on any atom is -0.339 e. The molecule has 2 aromatic heterocycles. The first-order valence-corrected chi connectivity index (χ1v) is 7.60. The highest BCUT2D eigenvalue weighted by Crippen LogP contribution is 2.26. The van der Waals surface area contributed by atoms with E-state index in [0.29, 0.717) is 17.8 Å². The van der Waals surface area contributed by atoms with Gasteiger partial charge in [0.05, 0.1) is 16.3 Å². The Hall–Kier alpha value is -1.27. The van der Waals surface area contributed by atoms with Crippen LogP contribution in [0.25, 0.3) is 10.7 Å². The standard InChI is InChI=1S/C13H20N4OS/c1-4-6-15-9(3)10(5-2)13-16-12(17-18-13)11-7-14-8-19-11/h7-10,15H,4-6H2,1-3H3. The fourth-order valence-corrected chi connectivity index (χ4v) is 2.61. The van der Waals surface area contributed by atoms with E-state index < -0.39 is 0 Å². The zero-order valence-electron chi connectivity index (χ0n) is 11.6. The van der Waals surface area contributed by atoms with Crippen molar-refractivity contribution in [3.05, 3.63) is 17.6 Å². The van der Waals surface area contributed by atoms with Crippen LogP contribution in [0.4, 0.5) is 0 Å². The summed E-state index contributed by atoms with van der Waals surface area (Å²) < 4.78 is 5.42. The lowest BCUT2D eigenvalue weighted by Gasteiger charge is -2.20. The van der Waals surface area contributed by atoms with Crippen LogP contribution in [-0.4, -0.2) is 27.7 Å². The quantitative estimate of drug-likeness (QED) is 0.844. The Morgan fingerprint density at radius 1 is 1.42 bits per heavy atom. The van der Waals surface area contributed by atoms with Crippen molar-refractivity contribution in [1.29, 1.82) is 0 Å². The molecule has 0 spiro atoms. The van der Waals surface area contributed by atoms with Crippen molar-refractivity contribution in [2.45, 2.75) is 45.6 Å². The molecule has 2 heterocycles. The lowest BCUT2D eigenvalue weighted by Crippen LogP contribution is -2.32. The van der Waals surface area contributed by atoms with Gasteiger partial charge in [0.15, 0.2) is 0 Å². The second kappa shape index (κ2) is 6.77. The summed E-state index contributed by atoms with van der Waals surface area (Å²) in [4.78, 5) is 9.48. The number of hydrogen-bond acceptors (Lipinski definition) is 6. The molecule has 2 aromatic rings. The summed E-state index contributed by atoms with van der Waals surface area (Å²) in [6, 6.07) is 0.333. The van der Waals surface area contributed by atoms with Gasteiger partial charge >= 0.3 is 0 Å². The smallest absolute Gasteiger partial charge is 0.231 e. The van der Waals surface area contributed by atoms with Gasteiger partial charge in [0, 0.05) is 12.2 Å². The van der Waals surface area contributed by atoms with E-state index >= 15 is 0 Å². The number of nitrogens with one attached hydrogen (secondary N) is 1. The summed E-state index contributed by atoms with van der Waals surface area (Å²) in [7, 11) is 0. The van der Waals surface area contributed by atoms with E-state index in [2.05, 4.69) is 41.2 Å². The summed E-state index contributed by atoms with van der Waals surface area (Å²) in [5, 5.41) is 7.54. The first kappa shape index (κ1) is 14.1. The third-order valence-corrected chi connectivity index (χ3v) is 3.94. The molecule has 5 nitrogen and oxygen atoms in total.